The summed E-state index contributed by atoms with van der Waals surface area (Å²) in [4.78, 5) is 45.8. The van der Waals surface area contributed by atoms with Crippen LogP contribution in [-0.4, -0.2) is 62.5 Å². The van der Waals surface area contributed by atoms with Crippen LogP contribution in [0.3, 0.4) is 0 Å². The highest BCUT2D eigenvalue weighted by Gasteiger charge is 2.34. The van der Waals surface area contributed by atoms with E-state index in [1.165, 1.54) is 0 Å². The van der Waals surface area contributed by atoms with E-state index in [9.17, 15) is 24.3 Å². The molecule has 8 nitrogen and oxygen atoms in total. The second-order valence-corrected chi connectivity index (χ2v) is 16.9. The molecule has 132 valence electrons. The molecule has 0 heterocycles. The predicted molar refractivity (Wildman–Crippen MR) is 96.8 cm³/mol. The Bertz CT molecular complexity index is 632. The van der Waals surface area contributed by atoms with E-state index >= 15 is 0 Å². The van der Waals surface area contributed by atoms with Gasteiger partial charge in [0.1, 0.15) is 12.1 Å². The van der Waals surface area contributed by atoms with Crippen molar-refractivity contribution in [3.63, 3.8) is 0 Å². The molecule has 4 N–H and O–H groups in total. The first-order valence-corrected chi connectivity index (χ1v) is 12.4. The molecule has 0 aromatic heterocycles. The summed E-state index contributed by atoms with van der Waals surface area (Å²) in [6, 6.07) is -2.79. The van der Waals surface area contributed by atoms with Gasteiger partial charge in [-0.3, -0.25) is 19.3 Å². The summed E-state index contributed by atoms with van der Waals surface area (Å²) >= 11 is 15.5. The second-order valence-electron chi connectivity index (χ2n) is 4.40. The molecule has 0 saturated carbocycles. The van der Waals surface area contributed by atoms with Crippen LogP contribution in [0.2, 0.25) is 0 Å². The molecular weight excluding hydrogens is 404 g/mol. The number of rotatable bonds is 8. The van der Waals surface area contributed by atoms with Crippen molar-refractivity contribution in [1.29, 1.82) is 0 Å². The summed E-state index contributed by atoms with van der Waals surface area (Å²) in [6.07, 6.45) is -2.61. The monoisotopic (exact) mass is 420 g/mol. The molecule has 2 unspecified atom stereocenters. The topological polar surface area (TPSA) is 138 Å². The molecule has 13 heteroatoms. The maximum Gasteiger partial charge on any atom is 0.327 e. The molecule has 0 aromatic carbocycles. The first kappa shape index (κ1) is 22.4. The highest BCUT2D eigenvalue weighted by atomic mass is 33.6. The molecule has 0 saturated heterocycles. The summed E-state index contributed by atoms with van der Waals surface area (Å²) in [5.74, 6) is -4.74. The number of nitrogens with two attached hydrogens (primary N) is 1. The first-order valence-electron chi connectivity index (χ1n) is 5.94. The van der Waals surface area contributed by atoms with Gasteiger partial charge in [0.2, 0.25) is 11.8 Å². The van der Waals surface area contributed by atoms with Crippen LogP contribution in [0.4, 0.5) is 0 Å². The van der Waals surface area contributed by atoms with Gasteiger partial charge in [-0.15, -0.1) is 0 Å². The lowest BCUT2D eigenvalue weighted by atomic mass is 10.3. The van der Waals surface area contributed by atoms with E-state index < -0.39 is 50.5 Å². The lowest BCUT2D eigenvalue weighted by Crippen LogP contribution is -2.50. The lowest BCUT2D eigenvalue weighted by Gasteiger charge is -2.27. The summed E-state index contributed by atoms with van der Waals surface area (Å²) in [5.41, 5.74) is 5.39. The van der Waals surface area contributed by atoms with Gasteiger partial charge in [-0.05, 0) is 39.7 Å². The summed E-state index contributed by atoms with van der Waals surface area (Å²) in [7, 11) is -1.23. The van der Waals surface area contributed by atoms with E-state index in [2.05, 4.69) is 0 Å². The van der Waals surface area contributed by atoms with E-state index in [4.69, 9.17) is 44.4 Å². The van der Waals surface area contributed by atoms with Gasteiger partial charge in [0, 0.05) is 25.4 Å². The minimum atomic E-state index is -2.61. The van der Waals surface area contributed by atoms with Crippen LogP contribution < -0.4 is 5.73 Å². The highest BCUT2D eigenvalue weighted by Crippen LogP contribution is 2.12. The summed E-state index contributed by atoms with van der Waals surface area (Å²) < 4.78 is 0. The Morgan fingerprint density at radius 3 is 1.87 bits per heavy atom. The third kappa shape index (κ3) is 6.81. The fourth-order valence-electron chi connectivity index (χ4n) is 1.51. The van der Waals surface area contributed by atoms with E-state index in [1.54, 1.807) is 0 Å². The van der Waals surface area contributed by atoms with Crippen molar-refractivity contribution in [3.05, 3.63) is 0 Å². The van der Waals surface area contributed by atoms with Gasteiger partial charge in [0.25, 0.3) is 0 Å². The molecule has 2 amide bonds. The highest BCUT2D eigenvalue weighted by molar-refractivity contribution is 9.00. The Morgan fingerprint density at radius 1 is 1.13 bits per heavy atom. The molecule has 0 aromatic rings. The summed E-state index contributed by atoms with van der Waals surface area (Å²) in [5, 5.41) is 18.1. The number of carboxylic acid groups (broad SMARTS) is 2. The van der Waals surface area contributed by atoms with Crippen LogP contribution in [0.15, 0.2) is 0 Å². The fourth-order valence-corrected chi connectivity index (χ4v) is 7.60. The zero-order valence-corrected chi connectivity index (χ0v) is 16.2. The van der Waals surface area contributed by atoms with Gasteiger partial charge in [-0.1, -0.05) is 8.49 Å². The SMILES string of the molecule is CC(=O)N(C(C)=O)[C@@H](CS(=S)(=S)S(=S)CC(N)C(=O)O)C(=O)O. The van der Waals surface area contributed by atoms with E-state index in [1.807, 2.05) is 0 Å². The minimum Gasteiger partial charge on any atom is -0.480 e. The Morgan fingerprint density at radius 2 is 1.57 bits per heavy atom. The summed E-state index contributed by atoms with van der Waals surface area (Å²) in [6.45, 7) is 2.10. The van der Waals surface area contributed by atoms with Crippen molar-refractivity contribution in [2.75, 3.05) is 11.5 Å². The zero-order valence-electron chi connectivity index (χ0n) is 12.2. The maximum atomic E-state index is 11.5. The molecule has 0 fully saturated rings. The largest absolute Gasteiger partial charge is 0.480 e. The maximum absolute atomic E-state index is 11.5. The average Bonchev–Trinajstić information content (AvgIpc) is 2.36. The Balaban J connectivity index is 5.47. The lowest BCUT2D eigenvalue weighted by molar-refractivity contribution is -0.155. The second kappa shape index (κ2) is 9.03. The van der Waals surface area contributed by atoms with E-state index in [-0.39, 0.29) is 11.5 Å². The molecule has 3 atom stereocenters. The standard InChI is InChI=1S/C10H16N2O6S5/c1-5(13)12(6(2)14)8(10(17)18)4-23(20,21)22(19)3-7(11)9(15)16/h7-8H,3-4,11H2,1-2H3,(H,15,16)(H,17,18)/t7?,8-,22?/m0/s1. The number of aliphatic carboxylic acids is 2. The Labute approximate surface area is 149 Å². The van der Waals surface area contributed by atoms with Gasteiger partial charge >= 0.3 is 11.9 Å². The molecule has 0 radical (unpaired) electrons. The van der Waals surface area contributed by atoms with Gasteiger partial charge in [0.15, 0.2) is 0 Å². The van der Waals surface area contributed by atoms with Gasteiger partial charge < -0.3 is 15.9 Å². The van der Waals surface area contributed by atoms with Crippen molar-refractivity contribution < 1.29 is 29.4 Å². The molecule has 0 aliphatic carbocycles. The molecule has 0 aliphatic heterocycles. The molecule has 23 heavy (non-hydrogen) atoms. The van der Waals surface area contributed by atoms with E-state index in [0.29, 0.717) is 4.90 Å². The van der Waals surface area contributed by atoms with Crippen molar-refractivity contribution in [3.8, 4) is 0 Å². The fraction of sp³-hybridized carbons (Fsp3) is 0.600. The van der Waals surface area contributed by atoms with Crippen molar-refractivity contribution in [2.24, 2.45) is 5.73 Å². The quantitative estimate of drug-likeness (QED) is 0.390. The van der Waals surface area contributed by atoms with Crippen molar-refractivity contribution in [1.82, 2.24) is 4.90 Å². The third-order valence-corrected chi connectivity index (χ3v) is 14.8. The van der Waals surface area contributed by atoms with Gasteiger partial charge in [-0.2, -0.15) is 0 Å². The number of carbonyl (C=O) groups is 4. The zero-order chi connectivity index (χ0) is 18.5. The minimum absolute atomic E-state index is 0.167. The van der Waals surface area contributed by atoms with Crippen LogP contribution in [-0.2, 0) is 67.4 Å². The molecular formula is C10H16N2O6S5. The average molecular weight is 421 g/mol. The molecule has 0 bridgehead atoms. The third-order valence-electron chi connectivity index (χ3n) is 2.55. The Kier molecular flexibility index (Phi) is 8.80. The predicted octanol–water partition coefficient (Wildman–Crippen LogP) is -1.68. The number of amides is 2. The number of hydrogen-bond acceptors (Lipinski definition) is 8. The van der Waals surface area contributed by atoms with Crippen LogP contribution >= 0.6 is 0 Å². The molecule has 0 spiro atoms. The smallest absolute Gasteiger partial charge is 0.327 e. The molecule has 0 aliphatic rings. The Hall–Kier alpha value is -0.600. The first-order chi connectivity index (χ1) is 10.3. The normalized spacial score (nSPS) is 15.3. The number of carboxylic acids is 2. The van der Waals surface area contributed by atoms with Gasteiger partial charge in [0.05, 0.1) is 0 Å². The van der Waals surface area contributed by atoms with Crippen molar-refractivity contribution >= 4 is 72.0 Å². The number of nitrogens with zero attached hydrogens (tertiary/aromatic N) is 1. The van der Waals surface area contributed by atoms with Gasteiger partial charge in [-0.25, -0.2) is 4.79 Å². The number of carbonyl (C=O) groups excluding carboxylic acids is 2. The van der Waals surface area contributed by atoms with Crippen LogP contribution in [0.25, 0.3) is 0 Å². The van der Waals surface area contributed by atoms with Crippen LogP contribution in [0, 0.1) is 0 Å². The van der Waals surface area contributed by atoms with Crippen LogP contribution in [0.1, 0.15) is 13.8 Å². The van der Waals surface area contributed by atoms with Crippen LogP contribution in [0.5, 0.6) is 0 Å². The number of hydrogen-bond donors (Lipinski definition) is 3. The molecule has 0 rings (SSSR count). The van der Waals surface area contributed by atoms with Crippen molar-refractivity contribution in [2.45, 2.75) is 25.9 Å². The van der Waals surface area contributed by atoms with E-state index in [0.717, 1.165) is 13.8 Å². The number of imide groups is 1.